The van der Waals surface area contributed by atoms with Crippen LogP contribution in [0.15, 0.2) is 36.5 Å². The van der Waals surface area contributed by atoms with E-state index in [9.17, 15) is 9.18 Å². The molecule has 0 aliphatic rings. The highest BCUT2D eigenvalue weighted by molar-refractivity contribution is 5.92. The number of aromatic nitrogens is 2. The molecule has 0 saturated carbocycles. The van der Waals surface area contributed by atoms with E-state index in [0.717, 1.165) is 6.42 Å². The lowest BCUT2D eigenvalue weighted by Gasteiger charge is -2.11. The zero-order chi connectivity index (χ0) is 15.9. The smallest absolute Gasteiger partial charge is 0.270 e. The molecule has 2 rings (SSSR count). The second-order valence-corrected chi connectivity index (χ2v) is 4.99. The van der Waals surface area contributed by atoms with E-state index >= 15 is 0 Å². The number of hydrogen-bond donors (Lipinski definition) is 2. The van der Waals surface area contributed by atoms with Gasteiger partial charge in [-0.15, -0.1) is 0 Å². The average molecular weight is 302 g/mol. The average Bonchev–Trinajstić information content (AvgIpc) is 2.54. The fraction of sp³-hybridized carbons (Fsp3) is 0.312. The highest BCUT2D eigenvalue weighted by Gasteiger charge is 2.11. The number of halogens is 1. The van der Waals surface area contributed by atoms with E-state index in [0.29, 0.717) is 11.5 Å². The molecule has 2 aromatic rings. The van der Waals surface area contributed by atoms with Gasteiger partial charge in [-0.1, -0.05) is 25.1 Å². The molecule has 1 aromatic heterocycles. The maximum absolute atomic E-state index is 13.5. The molecule has 1 aromatic carbocycles. The molecular weight excluding hydrogens is 283 g/mol. The van der Waals surface area contributed by atoms with Gasteiger partial charge in [0.05, 0.1) is 0 Å². The molecule has 5 nitrogen and oxygen atoms in total. The number of benzene rings is 1. The summed E-state index contributed by atoms with van der Waals surface area (Å²) in [7, 11) is 0. The summed E-state index contributed by atoms with van der Waals surface area (Å²) in [6, 6.07) is 8.10. The van der Waals surface area contributed by atoms with Crippen molar-refractivity contribution in [1.29, 1.82) is 0 Å². The van der Waals surface area contributed by atoms with Gasteiger partial charge in [-0.3, -0.25) is 4.79 Å². The molecule has 1 unspecified atom stereocenters. The summed E-state index contributed by atoms with van der Waals surface area (Å²) in [5, 5.41) is 5.76. The molecule has 1 amide bonds. The minimum absolute atomic E-state index is 0.0808. The highest BCUT2D eigenvalue weighted by Crippen LogP contribution is 2.09. The Balaban J connectivity index is 2.02. The van der Waals surface area contributed by atoms with Crippen LogP contribution in [0.25, 0.3) is 0 Å². The first-order valence-electron chi connectivity index (χ1n) is 7.21. The van der Waals surface area contributed by atoms with Gasteiger partial charge in [0.15, 0.2) is 0 Å². The van der Waals surface area contributed by atoms with Gasteiger partial charge in [0.1, 0.15) is 11.5 Å². The van der Waals surface area contributed by atoms with E-state index in [1.54, 1.807) is 24.3 Å². The second kappa shape index (κ2) is 7.49. The summed E-state index contributed by atoms with van der Waals surface area (Å²) in [6.07, 6.45) is 2.34. The predicted molar refractivity (Wildman–Crippen MR) is 83.0 cm³/mol. The van der Waals surface area contributed by atoms with Gasteiger partial charge in [0, 0.05) is 24.3 Å². The van der Waals surface area contributed by atoms with Crippen LogP contribution in [0.2, 0.25) is 0 Å². The van der Waals surface area contributed by atoms with Crippen LogP contribution in [0, 0.1) is 5.82 Å². The van der Waals surface area contributed by atoms with E-state index in [1.165, 1.54) is 12.3 Å². The molecule has 0 bridgehead atoms. The van der Waals surface area contributed by atoms with Crippen molar-refractivity contribution in [1.82, 2.24) is 15.3 Å². The number of anilines is 1. The summed E-state index contributed by atoms with van der Waals surface area (Å²) in [5.41, 5.74) is 0.798. The molecule has 6 heteroatoms. The molecular formula is C16H19FN4O. The third-order valence-electron chi connectivity index (χ3n) is 3.27. The number of carbonyl (C=O) groups excluding carboxylic acids is 1. The van der Waals surface area contributed by atoms with Crippen LogP contribution in [0.1, 0.15) is 36.3 Å². The Bertz CT molecular complexity index is 648. The lowest BCUT2D eigenvalue weighted by molar-refractivity contribution is 0.0934. The molecule has 0 spiro atoms. The number of amides is 1. The first-order chi connectivity index (χ1) is 10.6. The predicted octanol–water partition coefficient (Wildman–Crippen LogP) is 2.76. The lowest BCUT2D eigenvalue weighted by Crippen LogP contribution is -2.32. The number of carbonyl (C=O) groups is 1. The third kappa shape index (κ3) is 4.25. The van der Waals surface area contributed by atoms with E-state index in [1.807, 2.05) is 13.8 Å². The first-order valence-corrected chi connectivity index (χ1v) is 7.21. The number of hydrogen-bond acceptors (Lipinski definition) is 4. The SMILES string of the molecule is CCC(C)NC(=O)c1ccnc(NCc2ccccc2F)n1. The van der Waals surface area contributed by atoms with Gasteiger partial charge < -0.3 is 10.6 Å². The van der Waals surface area contributed by atoms with Crippen molar-refractivity contribution in [2.45, 2.75) is 32.9 Å². The van der Waals surface area contributed by atoms with Crippen LogP contribution in [0.5, 0.6) is 0 Å². The van der Waals surface area contributed by atoms with Crippen molar-refractivity contribution < 1.29 is 9.18 Å². The first kappa shape index (κ1) is 15.9. The number of nitrogens with one attached hydrogen (secondary N) is 2. The summed E-state index contributed by atoms with van der Waals surface area (Å²) < 4.78 is 13.5. The zero-order valence-electron chi connectivity index (χ0n) is 12.6. The Morgan fingerprint density at radius 1 is 1.32 bits per heavy atom. The largest absolute Gasteiger partial charge is 0.350 e. The maximum atomic E-state index is 13.5. The summed E-state index contributed by atoms with van der Waals surface area (Å²) in [4.78, 5) is 20.2. The van der Waals surface area contributed by atoms with E-state index in [-0.39, 0.29) is 30.0 Å². The van der Waals surface area contributed by atoms with Crippen molar-refractivity contribution in [2.24, 2.45) is 0 Å². The van der Waals surface area contributed by atoms with Crippen LogP contribution in [0.4, 0.5) is 10.3 Å². The van der Waals surface area contributed by atoms with Gasteiger partial charge >= 0.3 is 0 Å². The van der Waals surface area contributed by atoms with Gasteiger partial charge in [-0.2, -0.15) is 0 Å². The standard InChI is InChI=1S/C16H19FN4O/c1-3-11(2)20-15(22)14-8-9-18-16(21-14)19-10-12-6-4-5-7-13(12)17/h4-9,11H,3,10H2,1-2H3,(H,20,22)(H,18,19,21). The summed E-state index contributed by atoms with van der Waals surface area (Å²) in [6.45, 7) is 4.17. The van der Waals surface area contributed by atoms with Crippen LogP contribution in [-0.4, -0.2) is 21.9 Å². The molecule has 1 atom stereocenters. The van der Waals surface area contributed by atoms with Crippen molar-refractivity contribution >= 4 is 11.9 Å². The minimum Gasteiger partial charge on any atom is -0.350 e. The van der Waals surface area contributed by atoms with E-state index < -0.39 is 0 Å². The van der Waals surface area contributed by atoms with Crippen LogP contribution >= 0.6 is 0 Å². The Kier molecular flexibility index (Phi) is 5.41. The van der Waals surface area contributed by atoms with Crippen LogP contribution in [-0.2, 0) is 6.54 Å². The molecule has 0 aliphatic heterocycles. The molecule has 116 valence electrons. The highest BCUT2D eigenvalue weighted by atomic mass is 19.1. The Morgan fingerprint density at radius 3 is 2.82 bits per heavy atom. The lowest BCUT2D eigenvalue weighted by atomic mass is 10.2. The van der Waals surface area contributed by atoms with Gasteiger partial charge in [0.25, 0.3) is 5.91 Å². The summed E-state index contributed by atoms with van der Waals surface area (Å²) >= 11 is 0. The Hall–Kier alpha value is -2.50. The third-order valence-corrected chi connectivity index (χ3v) is 3.27. The number of nitrogens with zero attached hydrogens (tertiary/aromatic N) is 2. The maximum Gasteiger partial charge on any atom is 0.270 e. The zero-order valence-corrected chi connectivity index (χ0v) is 12.6. The van der Waals surface area contributed by atoms with Crippen molar-refractivity contribution in [3.05, 3.63) is 53.6 Å². The molecule has 2 N–H and O–H groups in total. The molecule has 0 radical (unpaired) electrons. The van der Waals surface area contributed by atoms with E-state index in [4.69, 9.17) is 0 Å². The molecule has 0 aliphatic carbocycles. The monoisotopic (exact) mass is 302 g/mol. The second-order valence-electron chi connectivity index (χ2n) is 4.99. The van der Waals surface area contributed by atoms with Gasteiger partial charge in [0.2, 0.25) is 5.95 Å². The van der Waals surface area contributed by atoms with Crippen LogP contribution in [0.3, 0.4) is 0 Å². The van der Waals surface area contributed by atoms with Gasteiger partial charge in [-0.25, -0.2) is 14.4 Å². The van der Waals surface area contributed by atoms with E-state index in [2.05, 4.69) is 20.6 Å². The molecule has 22 heavy (non-hydrogen) atoms. The fourth-order valence-electron chi connectivity index (χ4n) is 1.79. The Morgan fingerprint density at radius 2 is 2.09 bits per heavy atom. The summed E-state index contributed by atoms with van der Waals surface area (Å²) in [5.74, 6) is -0.244. The van der Waals surface area contributed by atoms with Crippen molar-refractivity contribution in [3.8, 4) is 0 Å². The molecule has 0 fully saturated rings. The Labute approximate surface area is 129 Å². The normalized spacial score (nSPS) is 11.8. The minimum atomic E-state index is -0.291. The fourth-order valence-corrected chi connectivity index (χ4v) is 1.79. The topological polar surface area (TPSA) is 66.9 Å². The van der Waals surface area contributed by atoms with Gasteiger partial charge in [-0.05, 0) is 25.5 Å². The number of rotatable bonds is 6. The molecule has 1 heterocycles. The molecule has 0 saturated heterocycles. The van der Waals surface area contributed by atoms with Crippen molar-refractivity contribution in [3.63, 3.8) is 0 Å². The van der Waals surface area contributed by atoms with Crippen molar-refractivity contribution in [2.75, 3.05) is 5.32 Å². The quantitative estimate of drug-likeness (QED) is 0.861. The van der Waals surface area contributed by atoms with Crippen LogP contribution < -0.4 is 10.6 Å².